The molecule has 8 nitrogen and oxygen atoms in total. The zero-order valence-electron chi connectivity index (χ0n) is 19.7. The summed E-state index contributed by atoms with van der Waals surface area (Å²) in [6, 6.07) is 15.3. The number of aliphatic carboxylic acids is 1. The summed E-state index contributed by atoms with van der Waals surface area (Å²) in [4.78, 5) is 26.1. The molecule has 2 aliphatic heterocycles. The van der Waals surface area contributed by atoms with Crippen LogP contribution in [-0.2, 0) is 32.1 Å². The maximum absolute atomic E-state index is 11.0. The van der Waals surface area contributed by atoms with Gasteiger partial charge in [-0.25, -0.2) is 4.79 Å². The number of carbonyl (C=O) groups is 2. The first-order valence-corrected chi connectivity index (χ1v) is 11.6. The zero-order valence-corrected chi connectivity index (χ0v) is 19.7. The number of aldehydes is 1. The highest BCUT2D eigenvalue weighted by Crippen LogP contribution is 2.18. The summed E-state index contributed by atoms with van der Waals surface area (Å²) in [6.45, 7) is 8.90. The summed E-state index contributed by atoms with van der Waals surface area (Å²) in [5, 5.41) is 9.01. The van der Waals surface area contributed by atoms with Crippen LogP contribution < -0.4 is 0 Å². The molecule has 0 amide bonds. The minimum Gasteiger partial charge on any atom is -0.479 e. The van der Waals surface area contributed by atoms with Crippen LogP contribution in [0.4, 0.5) is 0 Å². The summed E-state index contributed by atoms with van der Waals surface area (Å²) in [5.41, 5.74) is 3.83. The third-order valence-corrected chi connectivity index (χ3v) is 5.88. The predicted molar refractivity (Wildman–Crippen MR) is 128 cm³/mol. The van der Waals surface area contributed by atoms with Crippen LogP contribution in [0.3, 0.4) is 0 Å². The number of carboxylic acids is 1. The van der Waals surface area contributed by atoms with E-state index in [2.05, 4.69) is 9.80 Å². The number of hydrogen-bond acceptors (Lipinski definition) is 7. The summed E-state index contributed by atoms with van der Waals surface area (Å²) >= 11 is 0. The van der Waals surface area contributed by atoms with Crippen molar-refractivity contribution >= 4 is 12.3 Å². The van der Waals surface area contributed by atoms with Crippen molar-refractivity contribution in [2.45, 2.75) is 19.2 Å². The van der Waals surface area contributed by atoms with Crippen LogP contribution in [0.5, 0.6) is 0 Å². The van der Waals surface area contributed by atoms with Gasteiger partial charge in [-0.05, 0) is 16.7 Å². The molecule has 2 aromatic carbocycles. The van der Waals surface area contributed by atoms with Crippen molar-refractivity contribution in [3.8, 4) is 0 Å². The highest BCUT2D eigenvalue weighted by Gasteiger charge is 2.19. The summed E-state index contributed by atoms with van der Waals surface area (Å²) in [7, 11) is 1.40. The first-order valence-electron chi connectivity index (χ1n) is 11.6. The number of methoxy groups -OCH3 is 1. The van der Waals surface area contributed by atoms with Crippen molar-refractivity contribution < 1.29 is 28.9 Å². The maximum atomic E-state index is 11.0. The molecule has 2 heterocycles. The molecule has 1 N–H and O–H groups in total. The highest BCUT2D eigenvalue weighted by molar-refractivity contribution is 5.74. The van der Waals surface area contributed by atoms with Gasteiger partial charge >= 0.3 is 5.97 Å². The van der Waals surface area contributed by atoms with Crippen LogP contribution in [0, 0.1) is 0 Å². The van der Waals surface area contributed by atoms with Crippen molar-refractivity contribution in [2.75, 3.05) is 59.7 Å². The Kier molecular flexibility index (Phi) is 10.7. The quantitative estimate of drug-likeness (QED) is 0.589. The number of rotatable bonds is 8. The molecule has 34 heavy (non-hydrogen) atoms. The van der Waals surface area contributed by atoms with E-state index in [-0.39, 0.29) is 0 Å². The Morgan fingerprint density at radius 2 is 1.32 bits per heavy atom. The Labute approximate surface area is 201 Å². The summed E-state index contributed by atoms with van der Waals surface area (Å²) < 4.78 is 15.6. The first kappa shape index (κ1) is 26.0. The largest absolute Gasteiger partial charge is 0.479 e. The summed E-state index contributed by atoms with van der Waals surface area (Å²) in [6.07, 6.45) is -0.0177. The van der Waals surface area contributed by atoms with Crippen molar-refractivity contribution in [2.24, 2.45) is 0 Å². The molecule has 0 aromatic heterocycles. The van der Waals surface area contributed by atoms with Crippen LogP contribution in [-0.4, -0.2) is 86.9 Å². The van der Waals surface area contributed by atoms with Gasteiger partial charge in [-0.1, -0.05) is 48.5 Å². The van der Waals surface area contributed by atoms with E-state index in [0.29, 0.717) is 5.56 Å². The molecule has 2 saturated heterocycles. The second kappa shape index (κ2) is 13.9. The Morgan fingerprint density at radius 3 is 1.71 bits per heavy atom. The van der Waals surface area contributed by atoms with Crippen molar-refractivity contribution in [1.29, 1.82) is 0 Å². The standard InChI is InChI=1S/C14H19NO4.C12H15NO2/c1-18-13(14(16)17)12-4-2-11(3-5-12)10-15-6-8-19-9-7-15;14-10-12-3-1-11(2-4-12)9-13-5-7-15-8-6-13/h2-5,13H,6-10H2,1H3,(H,16,17);1-4,10H,5-9H2. The van der Waals surface area contributed by atoms with Gasteiger partial charge in [0.25, 0.3) is 0 Å². The molecule has 0 saturated carbocycles. The molecule has 2 aliphatic rings. The van der Waals surface area contributed by atoms with Crippen molar-refractivity contribution in [3.63, 3.8) is 0 Å². The lowest BCUT2D eigenvalue weighted by molar-refractivity contribution is -0.148. The second-order valence-electron chi connectivity index (χ2n) is 8.33. The van der Waals surface area contributed by atoms with Gasteiger partial charge in [0, 0.05) is 51.9 Å². The van der Waals surface area contributed by atoms with E-state index in [4.69, 9.17) is 19.3 Å². The number of ether oxygens (including phenoxy) is 3. The fourth-order valence-corrected chi connectivity index (χ4v) is 3.91. The van der Waals surface area contributed by atoms with Crippen LogP contribution >= 0.6 is 0 Å². The number of carbonyl (C=O) groups excluding carboxylic acids is 1. The monoisotopic (exact) mass is 470 g/mol. The Balaban J connectivity index is 0.000000196. The van der Waals surface area contributed by atoms with E-state index >= 15 is 0 Å². The van der Waals surface area contributed by atoms with Gasteiger partial charge in [0.05, 0.1) is 26.4 Å². The third kappa shape index (κ3) is 8.30. The van der Waals surface area contributed by atoms with Crippen LogP contribution in [0.1, 0.15) is 33.2 Å². The third-order valence-electron chi connectivity index (χ3n) is 5.88. The van der Waals surface area contributed by atoms with Crippen molar-refractivity contribution in [3.05, 3.63) is 70.8 Å². The molecule has 4 rings (SSSR count). The maximum Gasteiger partial charge on any atom is 0.337 e. The molecule has 0 bridgehead atoms. The molecular weight excluding hydrogens is 436 g/mol. The smallest absolute Gasteiger partial charge is 0.337 e. The number of morpholine rings is 2. The molecule has 1 unspecified atom stereocenters. The van der Waals surface area contributed by atoms with Gasteiger partial charge in [0.2, 0.25) is 0 Å². The molecule has 2 aromatic rings. The van der Waals surface area contributed by atoms with Crippen LogP contribution in [0.2, 0.25) is 0 Å². The Morgan fingerprint density at radius 1 is 0.882 bits per heavy atom. The SMILES string of the molecule is COC(C(=O)O)c1ccc(CN2CCOCC2)cc1.O=Cc1ccc(CN2CCOCC2)cc1. The molecule has 1 atom stereocenters. The number of nitrogens with zero attached hydrogens (tertiary/aromatic N) is 2. The zero-order chi connectivity index (χ0) is 24.2. The number of benzene rings is 2. The summed E-state index contributed by atoms with van der Waals surface area (Å²) in [5.74, 6) is -0.969. The number of carboxylic acid groups (broad SMARTS) is 1. The van der Waals surface area contributed by atoms with Gasteiger partial charge in [0.1, 0.15) is 6.29 Å². The van der Waals surface area contributed by atoms with Gasteiger partial charge in [-0.3, -0.25) is 14.6 Å². The molecular formula is C26H34N2O6. The fraction of sp³-hybridized carbons (Fsp3) is 0.462. The highest BCUT2D eigenvalue weighted by atomic mass is 16.5. The average Bonchev–Trinajstić information content (AvgIpc) is 2.87. The lowest BCUT2D eigenvalue weighted by Gasteiger charge is -2.26. The van der Waals surface area contributed by atoms with Crippen molar-refractivity contribution in [1.82, 2.24) is 9.80 Å². The van der Waals surface area contributed by atoms with E-state index in [1.54, 1.807) is 0 Å². The molecule has 0 radical (unpaired) electrons. The van der Waals surface area contributed by atoms with Crippen LogP contribution in [0.25, 0.3) is 0 Å². The molecule has 0 spiro atoms. The topological polar surface area (TPSA) is 88.5 Å². The molecule has 8 heteroatoms. The van der Waals surface area contributed by atoms with Gasteiger partial charge in [0.15, 0.2) is 6.10 Å². The lowest BCUT2D eigenvalue weighted by Crippen LogP contribution is -2.35. The molecule has 0 aliphatic carbocycles. The predicted octanol–water partition coefficient (Wildman–Crippen LogP) is 2.62. The number of hydrogen-bond donors (Lipinski definition) is 1. The van der Waals surface area contributed by atoms with E-state index in [1.807, 2.05) is 48.5 Å². The first-order chi connectivity index (χ1) is 16.6. The van der Waals surface area contributed by atoms with E-state index in [9.17, 15) is 9.59 Å². The Hall–Kier alpha value is -2.62. The fourth-order valence-electron chi connectivity index (χ4n) is 3.91. The van der Waals surface area contributed by atoms with E-state index in [0.717, 1.165) is 77.5 Å². The minimum absolute atomic E-state index is 0.667. The van der Waals surface area contributed by atoms with Gasteiger partial charge < -0.3 is 19.3 Å². The van der Waals surface area contributed by atoms with E-state index < -0.39 is 12.1 Å². The molecule has 184 valence electrons. The average molecular weight is 471 g/mol. The van der Waals surface area contributed by atoms with Crippen LogP contribution in [0.15, 0.2) is 48.5 Å². The lowest BCUT2D eigenvalue weighted by atomic mass is 10.1. The van der Waals surface area contributed by atoms with Gasteiger partial charge in [-0.2, -0.15) is 0 Å². The van der Waals surface area contributed by atoms with E-state index in [1.165, 1.54) is 18.2 Å². The second-order valence-corrected chi connectivity index (χ2v) is 8.33. The molecule has 2 fully saturated rings. The minimum atomic E-state index is -0.969. The van der Waals surface area contributed by atoms with Gasteiger partial charge in [-0.15, -0.1) is 0 Å². The normalized spacial score (nSPS) is 17.9. The Bertz CT molecular complexity index is 875.